The minimum Gasteiger partial charge on any atom is -0.486 e. The lowest BCUT2D eigenvalue weighted by atomic mass is 10.1. The molecule has 0 amide bonds. The van der Waals surface area contributed by atoms with Crippen LogP contribution in [0.5, 0.6) is 5.75 Å². The van der Waals surface area contributed by atoms with E-state index >= 15 is 0 Å². The molecule has 0 radical (unpaired) electrons. The van der Waals surface area contributed by atoms with E-state index in [1.165, 1.54) is 5.56 Å². The van der Waals surface area contributed by atoms with E-state index in [0.29, 0.717) is 6.61 Å². The maximum Gasteiger partial charge on any atom is 0.140 e. The van der Waals surface area contributed by atoms with Crippen molar-refractivity contribution in [2.24, 2.45) is 5.73 Å². The van der Waals surface area contributed by atoms with Gasteiger partial charge in [0.2, 0.25) is 0 Å². The van der Waals surface area contributed by atoms with Crippen molar-refractivity contribution in [2.75, 3.05) is 0 Å². The standard InChI is InChI=1S/C15H20N2OS/c1-10-5-6-11(2)12(7-10)18-9-14-17-8-13(19-14)15(3,4)16/h5-8H,9,16H2,1-4H3. The van der Waals surface area contributed by atoms with Crippen LogP contribution in [-0.2, 0) is 12.1 Å². The minimum absolute atomic E-state index is 0.338. The monoisotopic (exact) mass is 276 g/mol. The van der Waals surface area contributed by atoms with Gasteiger partial charge in [0.25, 0.3) is 0 Å². The first-order valence-corrected chi connectivity index (χ1v) is 7.12. The molecule has 0 aliphatic heterocycles. The van der Waals surface area contributed by atoms with Crippen molar-refractivity contribution < 1.29 is 4.74 Å². The van der Waals surface area contributed by atoms with Gasteiger partial charge in [-0.05, 0) is 44.9 Å². The highest BCUT2D eigenvalue weighted by atomic mass is 32.1. The fraction of sp³-hybridized carbons (Fsp3) is 0.400. The summed E-state index contributed by atoms with van der Waals surface area (Å²) in [5.41, 5.74) is 8.05. The highest BCUT2D eigenvalue weighted by Crippen LogP contribution is 2.25. The first-order chi connectivity index (χ1) is 8.86. The van der Waals surface area contributed by atoms with Gasteiger partial charge in [0.05, 0.1) is 0 Å². The van der Waals surface area contributed by atoms with Crippen LogP contribution in [0.1, 0.15) is 34.9 Å². The molecule has 4 heteroatoms. The first-order valence-electron chi connectivity index (χ1n) is 6.30. The van der Waals surface area contributed by atoms with Crippen LogP contribution in [0, 0.1) is 13.8 Å². The zero-order valence-electron chi connectivity index (χ0n) is 11.9. The van der Waals surface area contributed by atoms with Gasteiger partial charge in [-0.1, -0.05) is 12.1 Å². The summed E-state index contributed by atoms with van der Waals surface area (Å²) >= 11 is 1.61. The van der Waals surface area contributed by atoms with E-state index in [-0.39, 0.29) is 5.54 Å². The number of aryl methyl sites for hydroxylation is 2. The van der Waals surface area contributed by atoms with Gasteiger partial charge >= 0.3 is 0 Å². The molecule has 0 fully saturated rings. The lowest BCUT2D eigenvalue weighted by molar-refractivity contribution is 0.303. The Morgan fingerprint density at radius 3 is 2.68 bits per heavy atom. The maximum atomic E-state index is 6.05. The quantitative estimate of drug-likeness (QED) is 0.929. The molecule has 0 aliphatic rings. The number of rotatable bonds is 4. The van der Waals surface area contributed by atoms with Crippen molar-refractivity contribution in [3.8, 4) is 5.75 Å². The Hall–Kier alpha value is -1.39. The third-order valence-electron chi connectivity index (χ3n) is 2.88. The Kier molecular flexibility index (Phi) is 3.92. The van der Waals surface area contributed by atoms with Crippen LogP contribution in [0.25, 0.3) is 0 Å². The normalized spacial score (nSPS) is 11.6. The Balaban J connectivity index is 2.06. The largest absolute Gasteiger partial charge is 0.486 e. The molecule has 0 saturated heterocycles. The molecule has 2 N–H and O–H groups in total. The molecule has 102 valence electrons. The average Bonchev–Trinajstić information content (AvgIpc) is 2.79. The Labute approximate surface area is 118 Å². The van der Waals surface area contributed by atoms with E-state index in [4.69, 9.17) is 10.5 Å². The molecule has 3 nitrogen and oxygen atoms in total. The van der Waals surface area contributed by atoms with E-state index in [2.05, 4.69) is 30.1 Å². The molecule has 19 heavy (non-hydrogen) atoms. The van der Waals surface area contributed by atoms with E-state index in [9.17, 15) is 0 Å². The average molecular weight is 276 g/mol. The Morgan fingerprint density at radius 2 is 2.05 bits per heavy atom. The van der Waals surface area contributed by atoms with Gasteiger partial charge in [-0.3, -0.25) is 0 Å². The molecule has 2 aromatic rings. The summed E-state index contributed by atoms with van der Waals surface area (Å²) in [5.74, 6) is 0.920. The van der Waals surface area contributed by atoms with Crippen molar-refractivity contribution in [3.05, 3.63) is 45.4 Å². The molecule has 1 heterocycles. The molecule has 0 aliphatic carbocycles. The maximum absolute atomic E-state index is 6.05. The number of nitrogens with two attached hydrogens (primary N) is 1. The van der Waals surface area contributed by atoms with Gasteiger partial charge in [-0.25, -0.2) is 4.98 Å². The van der Waals surface area contributed by atoms with Crippen molar-refractivity contribution in [3.63, 3.8) is 0 Å². The SMILES string of the molecule is Cc1ccc(C)c(OCc2ncc(C(C)(C)N)s2)c1. The Morgan fingerprint density at radius 1 is 1.32 bits per heavy atom. The highest BCUT2D eigenvalue weighted by Gasteiger charge is 2.17. The van der Waals surface area contributed by atoms with E-state index < -0.39 is 0 Å². The third kappa shape index (κ3) is 3.55. The lowest BCUT2D eigenvalue weighted by Gasteiger charge is -2.14. The van der Waals surface area contributed by atoms with Crippen molar-refractivity contribution >= 4 is 11.3 Å². The molecule has 1 aromatic carbocycles. The van der Waals surface area contributed by atoms with Gasteiger partial charge in [0, 0.05) is 16.6 Å². The number of hydrogen-bond donors (Lipinski definition) is 1. The molecule has 0 spiro atoms. The molecule has 0 bridgehead atoms. The second-order valence-corrected chi connectivity index (χ2v) is 6.51. The van der Waals surface area contributed by atoms with Gasteiger partial charge in [0.15, 0.2) is 0 Å². The zero-order valence-corrected chi connectivity index (χ0v) is 12.7. The van der Waals surface area contributed by atoms with E-state index in [1.54, 1.807) is 11.3 Å². The van der Waals surface area contributed by atoms with Crippen LogP contribution < -0.4 is 10.5 Å². The van der Waals surface area contributed by atoms with Gasteiger partial charge < -0.3 is 10.5 Å². The topological polar surface area (TPSA) is 48.1 Å². The summed E-state index contributed by atoms with van der Waals surface area (Å²) in [5, 5.41) is 0.953. The van der Waals surface area contributed by atoms with Gasteiger partial charge in [-0.15, -0.1) is 11.3 Å². The summed E-state index contributed by atoms with van der Waals surface area (Å²) in [6.07, 6.45) is 1.84. The zero-order chi connectivity index (χ0) is 14.0. The summed E-state index contributed by atoms with van der Waals surface area (Å²) in [7, 11) is 0. The number of hydrogen-bond acceptors (Lipinski definition) is 4. The van der Waals surface area contributed by atoms with Gasteiger partial charge in [-0.2, -0.15) is 0 Å². The highest BCUT2D eigenvalue weighted by molar-refractivity contribution is 7.11. The predicted octanol–water partition coefficient (Wildman–Crippen LogP) is 3.53. The molecule has 2 rings (SSSR count). The number of ether oxygens (including phenoxy) is 1. The van der Waals surface area contributed by atoms with Crippen molar-refractivity contribution in [1.29, 1.82) is 0 Å². The second kappa shape index (κ2) is 5.31. The van der Waals surface area contributed by atoms with Crippen LogP contribution in [0.3, 0.4) is 0 Å². The summed E-state index contributed by atoms with van der Waals surface area (Å²) < 4.78 is 5.84. The smallest absolute Gasteiger partial charge is 0.140 e. The van der Waals surface area contributed by atoms with E-state index in [0.717, 1.165) is 21.2 Å². The number of benzene rings is 1. The fourth-order valence-corrected chi connectivity index (χ4v) is 2.52. The summed E-state index contributed by atoms with van der Waals surface area (Å²) in [4.78, 5) is 5.44. The second-order valence-electron chi connectivity index (χ2n) is 5.40. The number of aromatic nitrogens is 1. The molecular formula is C15H20N2OS. The minimum atomic E-state index is -0.338. The fourth-order valence-electron chi connectivity index (χ4n) is 1.68. The Bertz CT molecular complexity index is 570. The molecule has 0 saturated carbocycles. The summed E-state index contributed by atoms with van der Waals surface area (Å²) in [6.45, 7) is 8.56. The third-order valence-corrected chi connectivity index (χ3v) is 4.19. The van der Waals surface area contributed by atoms with Crippen LogP contribution >= 0.6 is 11.3 Å². The molecule has 1 aromatic heterocycles. The summed E-state index contributed by atoms with van der Waals surface area (Å²) in [6, 6.07) is 6.21. The molecule has 0 unspecified atom stereocenters. The number of nitrogens with zero attached hydrogens (tertiary/aromatic N) is 1. The molecule has 0 atom stereocenters. The predicted molar refractivity (Wildman–Crippen MR) is 79.6 cm³/mol. The van der Waals surface area contributed by atoms with Crippen LogP contribution in [-0.4, -0.2) is 4.98 Å². The van der Waals surface area contributed by atoms with E-state index in [1.807, 2.05) is 27.0 Å². The van der Waals surface area contributed by atoms with Crippen molar-refractivity contribution in [1.82, 2.24) is 4.98 Å². The first kappa shape index (κ1) is 14.0. The number of thiazole rings is 1. The lowest BCUT2D eigenvalue weighted by Crippen LogP contribution is -2.27. The van der Waals surface area contributed by atoms with Crippen molar-refractivity contribution in [2.45, 2.75) is 39.8 Å². The van der Waals surface area contributed by atoms with Crippen LogP contribution in [0.4, 0.5) is 0 Å². The van der Waals surface area contributed by atoms with Crippen LogP contribution in [0.2, 0.25) is 0 Å². The van der Waals surface area contributed by atoms with Crippen LogP contribution in [0.15, 0.2) is 24.4 Å². The van der Waals surface area contributed by atoms with Gasteiger partial charge in [0.1, 0.15) is 17.4 Å². The molecular weight excluding hydrogens is 256 g/mol.